The lowest BCUT2D eigenvalue weighted by Gasteiger charge is -2.38. The molecule has 2 aliphatic heterocycles. The largest absolute Gasteiger partial charge is 0.491 e. The molecule has 1 spiro atoms. The molecule has 2 aliphatic rings. The number of ether oxygens (including phenoxy) is 2. The van der Waals surface area contributed by atoms with Gasteiger partial charge >= 0.3 is 0 Å². The van der Waals surface area contributed by atoms with E-state index >= 15 is 0 Å². The molecule has 2 saturated heterocycles. The number of piperidine rings is 1. The van der Waals surface area contributed by atoms with Gasteiger partial charge in [0, 0.05) is 49.5 Å². The van der Waals surface area contributed by atoms with E-state index in [2.05, 4.69) is 20.0 Å². The zero-order chi connectivity index (χ0) is 27.7. The fraction of sp³-hybridized carbons (Fsp3) is 0.480. The van der Waals surface area contributed by atoms with Gasteiger partial charge in [-0.25, -0.2) is 26.5 Å². The summed E-state index contributed by atoms with van der Waals surface area (Å²) in [5.41, 5.74) is 0.253. The maximum Gasteiger partial charge on any atom is 0.244 e. The number of hydrogen-bond acceptors (Lipinski definition) is 9. The Balaban J connectivity index is 1.08. The summed E-state index contributed by atoms with van der Waals surface area (Å²) < 4.78 is 65.8. The number of fused-ring (bicyclic) bond motifs is 1. The molecule has 14 heteroatoms. The summed E-state index contributed by atoms with van der Waals surface area (Å²) in [5.74, 6) is 0.346. The summed E-state index contributed by atoms with van der Waals surface area (Å²) in [6.07, 6.45) is 4.19. The summed E-state index contributed by atoms with van der Waals surface area (Å²) in [6.45, 7) is 1.45. The fourth-order valence-electron chi connectivity index (χ4n) is 5.07. The van der Waals surface area contributed by atoms with Crippen LogP contribution in [0.25, 0.3) is 11.0 Å². The van der Waals surface area contributed by atoms with Crippen LogP contribution in [0.1, 0.15) is 19.3 Å². The Morgan fingerprint density at radius 3 is 2.77 bits per heavy atom. The van der Waals surface area contributed by atoms with Crippen molar-refractivity contribution in [3.63, 3.8) is 0 Å². The van der Waals surface area contributed by atoms with Crippen molar-refractivity contribution < 1.29 is 31.4 Å². The van der Waals surface area contributed by atoms with Crippen molar-refractivity contribution in [2.75, 3.05) is 39.9 Å². The first-order valence-corrected chi connectivity index (χ1v) is 15.7. The number of nitrogens with zero attached hydrogens (tertiary/aromatic N) is 2. The predicted octanol–water partition coefficient (Wildman–Crippen LogP) is 0.813. The van der Waals surface area contributed by atoms with Crippen molar-refractivity contribution in [2.45, 2.75) is 46.8 Å². The molecule has 2 atom stereocenters. The highest BCUT2D eigenvalue weighted by atomic mass is 32.2. The van der Waals surface area contributed by atoms with E-state index in [1.54, 1.807) is 30.5 Å². The van der Waals surface area contributed by atoms with Crippen molar-refractivity contribution in [1.29, 1.82) is 0 Å². The van der Waals surface area contributed by atoms with E-state index in [0.29, 0.717) is 43.9 Å². The SMILES string of the molecule is CNS(=O)(=O)c1cccc(OCC(O)CN[C@H]2COC3(CCN(S(=O)(=O)c4cnc5[nH]ccc5c4)CC3)C2)c1. The molecule has 12 nitrogen and oxygen atoms in total. The summed E-state index contributed by atoms with van der Waals surface area (Å²) in [6, 6.07) is 9.53. The molecule has 4 heterocycles. The minimum Gasteiger partial charge on any atom is -0.491 e. The summed E-state index contributed by atoms with van der Waals surface area (Å²) in [4.78, 5) is 7.45. The topological polar surface area (TPSA) is 163 Å². The number of H-pyrrole nitrogens is 1. The van der Waals surface area contributed by atoms with Gasteiger partial charge in [-0.15, -0.1) is 0 Å². The van der Waals surface area contributed by atoms with Crippen LogP contribution < -0.4 is 14.8 Å². The van der Waals surface area contributed by atoms with Gasteiger partial charge in [0.1, 0.15) is 29.0 Å². The van der Waals surface area contributed by atoms with Crippen LogP contribution in [0.15, 0.2) is 58.6 Å². The lowest BCUT2D eigenvalue weighted by atomic mass is 9.88. The van der Waals surface area contributed by atoms with Gasteiger partial charge in [0.15, 0.2) is 0 Å². The third kappa shape index (κ3) is 6.11. The number of aliphatic hydroxyl groups is 1. The number of nitrogens with one attached hydrogen (secondary N) is 3. The molecular weight excluding hydrogens is 546 g/mol. The third-order valence-corrected chi connectivity index (χ3v) is 10.6. The van der Waals surface area contributed by atoms with Crippen LogP contribution in [0.2, 0.25) is 0 Å². The van der Waals surface area contributed by atoms with Crippen molar-refractivity contribution in [3.8, 4) is 5.75 Å². The first-order valence-electron chi connectivity index (χ1n) is 12.8. The Kier molecular flexibility index (Phi) is 7.97. The summed E-state index contributed by atoms with van der Waals surface area (Å²) in [7, 11) is -5.90. The second-order valence-electron chi connectivity index (χ2n) is 9.94. The molecule has 2 fully saturated rings. The number of benzene rings is 1. The lowest BCUT2D eigenvalue weighted by molar-refractivity contribution is -0.0312. The van der Waals surface area contributed by atoms with Gasteiger partial charge in [0.2, 0.25) is 20.0 Å². The van der Waals surface area contributed by atoms with Gasteiger partial charge in [-0.1, -0.05) is 6.07 Å². The highest BCUT2D eigenvalue weighted by Gasteiger charge is 2.44. The van der Waals surface area contributed by atoms with E-state index in [1.807, 2.05) is 0 Å². The smallest absolute Gasteiger partial charge is 0.244 e. The molecule has 39 heavy (non-hydrogen) atoms. The molecule has 1 aromatic carbocycles. The molecule has 1 unspecified atom stereocenters. The van der Waals surface area contributed by atoms with Crippen molar-refractivity contribution in [2.24, 2.45) is 0 Å². The average Bonchev–Trinajstić information content (AvgIpc) is 3.58. The van der Waals surface area contributed by atoms with E-state index in [1.165, 1.54) is 29.7 Å². The number of sulfonamides is 2. The van der Waals surface area contributed by atoms with Gasteiger partial charge in [0.25, 0.3) is 0 Å². The van der Waals surface area contributed by atoms with Crippen molar-refractivity contribution in [1.82, 2.24) is 24.3 Å². The van der Waals surface area contributed by atoms with E-state index in [-0.39, 0.29) is 29.0 Å². The van der Waals surface area contributed by atoms with Gasteiger partial charge in [-0.2, -0.15) is 4.31 Å². The normalized spacial score (nSPS) is 20.9. The Morgan fingerprint density at radius 2 is 2.00 bits per heavy atom. The monoisotopic (exact) mass is 579 g/mol. The van der Waals surface area contributed by atoms with E-state index in [4.69, 9.17) is 9.47 Å². The maximum atomic E-state index is 13.2. The minimum atomic E-state index is -3.65. The number of aromatic nitrogens is 2. The van der Waals surface area contributed by atoms with Crippen LogP contribution in [-0.2, 0) is 24.8 Å². The molecule has 0 amide bonds. The van der Waals surface area contributed by atoms with Gasteiger partial charge < -0.3 is 24.9 Å². The molecule has 212 valence electrons. The third-order valence-electron chi connectivity index (χ3n) is 7.32. The molecule has 2 aromatic heterocycles. The van der Waals surface area contributed by atoms with Crippen LogP contribution in [-0.4, -0.2) is 93.9 Å². The van der Waals surface area contributed by atoms with Crippen LogP contribution in [0, 0.1) is 0 Å². The first kappa shape index (κ1) is 28.0. The number of pyridine rings is 1. The minimum absolute atomic E-state index is 0.00893. The van der Waals surface area contributed by atoms with Crippen LogP contribution in [0.4, 0.5) is 0 Å². The summed E-state index contributed by atoms with van der Waals surface area (Å²) in [5, 5.41) is 14.5. The first-order chi connectivity index (χ1) is 18.6. The fourth-order valence-corrected chi connectivity index (χ4v) is 7.26. The van der Waals surface area contributed by atoms with Gasteiger partial charge in [-0.3, -0.25) is 0 Å². The van der Waals surface area contributed by atoms with Crippen molar-refractivity contribution >= 4 is 31.1 Å². The van der Waals surface area contributed by atoms with Crippen molar-refractivity contribution in [3.05, 3.63) is 48.8 Å². The highest BCUT2D eigenvalue weighted by Crippen LogP contribution is 2.37. The second kappa shape index (κ2) is 11.1. The number of aliphatic hydroxyl groups excluding tert-OH is 1. The lowest BCUT2D eigenvalue weighted by Crippen LogP contribution is -2.47. The average molecular weight is 580 g/mol. The molecule has 0 saturated carbocycles. The number of rotatable bonds is 10. The highest BCUT2D eigenvalue weighted by molar-refractivity contribution is 7.89. The molecular formula is C25H33N5O7S2. The van der Waals surface area contributed by atoms with E-state index in [0.717, 1.165) is 11.8 Å². The molecule has 0 radical (unpaired) electrons. The van der Waals surface area contributed by atoms with Crippen LogP contribution in [0.5, 0.6) is 5.75 Å². The maximum absolute atomic E-state index is 13.2. The predicted molar refractivity (Wildman–Crippen MR) is 143 cm³/mol. The zero-order valence-corrected chi connectivity index (χ0v) is 23.2. The number of aromatic amines is 1. The standard InChI is InChI=1S/C25H33N5O7S2/c1-26-38(32,33)22-4-2-3-21(12-22)36-17-20(31)14-28-19-13-25(37-16-19)6-9-30(10-7-25)39(34,35)23-11-18-5-8-27-24(18)29-15-23/h2-5,8,11-12,15,19-20,26,28,31H,6-7,9-10,13-14,16-17H2,1H3,(H,27,29)/t19-,20?/m1/s1. The Labute approximate surface area is 227 Å². The zero-order valence-electron chi connectivity index (χ0n) is 21.5. The molecule has 0 aliphatic carbocycles. The van der Waals surface area contributed by atoms with E-state index < -0.39 is 31.8 Å². The molecule has 0 bridgehead atoms. The quantitative estimate of drug-likeness (QED) is 0.272. The Morgan fingerprint density at radius 1 is 1.21 bits per heavy atom. The van der Waals surface area contributed by atoms with E-state index in [9.17, 15) is 21.9 Å². The van der Waals surface area contributed by atoms with Crippen LogP contribution >= 0.6 is 0 Å². The Bertz CT molecular complexity index is 1520. The number of hydrogen-bond donors (Lipinski definition) is 4. The molecule has 5 rings (SSSR count). The molecule has 4 N–H and O–H groups in total. The van der Waals surface area contributed by atoms with Crippen LogP contribution in [0.3, 0.4) is 0 Å². The van der Waals surface area contributed by atoms with Gasteiger partial charge in [-0.05, 0) is 50.6 Å². The Hall–Kier alpha value is -2.59. The summed E-state index contributed by atoms with van der Waals surface area (Å²) >= 11 is 0. The molecule has 3 aromatic rings. The van der Waals surface area contributed by atoms with Gasteiger partial charge in [0.05, 0.1) is 17.1 Å². The second-order valence-corrected chi connectivity index (χ2v) is 13.8.